The van der Waals surface area contributed by atoms with Crippen LogP contribution in [0.4, 0.5) is 0 Å². The largest absolute Gasteiger partial charge is 0.354 e. The van der Waals surface area contributed by atoms with Crippen LogP contribution in [-0.2, 0) is 17.9 Å². The summed E-state index contributed by atoms with van der Waals surface area (Å²) in [6.45, 7) is 1.55. The predicted molar refractivity (Wildman–Crippen MR) is 79.0 cm³/mol. The molecule has 2 heterocycles. The maximum Gasteiger partial charge on any atom is 0.220 e. The van der Waals surface area contributed by atoms with Crippen molar-refractivity contribution in [3.8, 4) is 0 Å². The van der Waals surface area contributed by atoms with Crippen LogP contribution in [0.2, 0.25) is 0 Å². The second kappa shape index (κ2) is 8.15. The number of hydrogen-bond donors (Lipinski definition) is 1. The molecule has 4 heteroatoms. The van der Waals surface area contributed by atoms with Crippen LogP contribution in [-0.4, -0.2) is 15.5 Å². The Balaban J connectivity index is 1.52. The highest BCUT2D eigenvalue weighted by atomic mass is 16.1. The minimum Gasteiger partial charge on any atom is -0.354 e. The molecule has 0 saturated carbocycles. The van der Waals surface area contributed by atoms with E-state index in [-0.39, 0.29) is 5.91 Å². The Morgan fingerprint density at radius 3 is 2.70 bits per heavy atom. The normalized spacial score (nSPS) is 10.4. The fourth-order valence-corrected chi connectivity index (χ4v) is 2.06. The molecule has 0 unspecified atom stereocenters. The molecule has 0 fully saturated rings. The number of nitrogens with one attached hydrogen (secondary N) is 1. The van der Waals surface area contributed by atoms with E-state index in [0.717, 1.165) is 31.5 Å². The van der Waals surface area contributed by atoms with Crippen molar-refractivity contribution in [2.45, 2.75) is 38.8 Å². The topological polar surface area (TPSA) is 46.9 Å². The first-order chi connectivity index (χ1) is 9.84. The number of nitrogens with zero attached hydrogens (tertiary/aromatic N) is 2. The number of pyridine rings is 1. The molecule has 4 nitrogen and oxygen atoms in total. The van der Waals surface area contributed by atoms with Gasteiger partial charge in [-0.05, 0) is 37.1 Å². The van der Waals surface area contributed by atoms with E-state index < -0.39 is 0 Å². The first-order valence-corrected chi connectivity index (χ1v) is 7.12. The van der Waals surface area contributed by atoms with Crippen molar-refractivity contribution in [3.05, 3.63) is 54.6 Å². The van der Waals surface area contributed by atoms with Gasteiger partial charge >= 0.3 is 0 Å². The van der Waals surface area contributed by atoms with Crippen LogP contribution in [0.15, 0.2) is 48.9 Å². The number of carbonyl (C=O) groups excluding carboxylic acids is 1. The summed E-state index contributed by atoms with van der Waals surface area (Å²) in [6, 6.07) is 9.78. The third kappa shape index (κ3) is 5.26. The highest BCUT2D eigenvalue weighted by Gasteiger charge is 2.01. The molecule has 0 aliphatic carbocycles. The van der Waals surface area contributed by atoms with Crippen molar-refractivity contribution in [2.24, 2.45) is 0 Å². The van der Waals surface area contributed by atoms with E-state index in [4.69, 9.17) is 0 Å². The highest BCUT2D eigenvalue weighted by Crippen LogP contribution is 2.03. The molecule has 1 N–H and O–H groups in total. The van der Waals surface area contributed by atoms with Gasteiger partial charge in [0.05, 0.1) is 12.2 Å². The number of hydrogen-bond acceptors (Lipinski definition) is 2. The van der Waals surface area contributed by atoms with Crippen molar-refractivity contribution in [2.75, 3.05) is 0 Å². The summed E-state index contributed by atoms with van der Waals surface area (Å²) >= 11 is 0. The van der Waals surface area contributed by atoms with E-state index in [9.17, 15) is 4.79 Å². The first-order valence-electron chi connectivity index (χ1n) is 7.12. The average Bonchev–Trinajstić information content (AvgIpc) is 2.99. The molecule has 0 saturated heterocycles. The summed E-state index contributed by atoms with van der Waals surface area (Å²) in [7, 11) is 0. The van der Waals surface area contributed by atoms with Crippen LogP contribution >= 0.6 is 0 Å². The third-order valence-corrected chi connectivity index (χ3v) is 3.18. The lowest BCUT2D eigenvalue weighted by Gasteiger charge is -2.05. The Bertz CT molecular complexity index is 494. The molecule has 0 aromatic carbocycles. The lowest BCUT2D eigenvalue weighted by molar-refractivity contribution is -0.121. The molecule has 2 aromatic rings. The van der Waals surface area contributed by atoms with Crippen LogP contribution in [0.25, 0.3) is 0 Å². The van der Waals surface area contributed by atoms with E-state index in [1.54, 1.807) is 6.20 Å². The fraction of sp³-hybridized carbons (Fsp3) is 0.375. The zero-order valence-electron chi connectivity index (χ0n) is 11.7. The molecule has 0 atom stereocenters. The van der Waals surface area contributed by atoms with Crippen molar-refractivity contribution in [1.82, 2.24) is 14.9 Å². The van der Waals surface area contributed by atoms with Gasteiger partial charge in [-0.1, -0.05) is 12.5 Å². The van der Waals surface area contributed by atoms with Gasteiger partial charge in [0.1, 0.15) is 0 Å². The van der Waals surface area contributed by atoms with Crippen molar-refractivity contribution < 1.29 is 4.79 Å². The smallest absolute Gasteiger partial charge is 0.220 e. The van der Waals surface area contributed by atoms with Crippen molar-refractivity contribution in [3.63, 3.8) is 0 Å². The van der Waals surface area contributed by atoms with Crippen LogP contribution in [0, 0.1) is 0 Å². The molecular formula is C16H21N3O. The van der Waals surface area contributed by atoms with Gasteiger partial charge in [0.15, 0.2) is 0 Å². The van der Waals surface area contributed by atoms with Gasteiger partial charge in [0.2, 0.25) is 5.91 Å². The molecule has 0 aliphatic rings. The first kappa shape index (κ1) is 14.3. The van der Waals surface area contributed by atoms with Gasteiger partial charge in [0.25, 0.3) is 0 Å². The zero-order valence-corrected chi connectivity index (χ0v) is 11.7. The molecule has 2 rings (SSSR count). The monoisotopic (exact) mass is 271 g/mol. The molecule has 0 aliphatic heterocycles. The van der Waals surface area contributed by atoms with Crippen LogP contribution in [0.5, 0.6) is 0 Å². The molecule has 0 bridgehead atoms. The molecule has 0 spiro atoms. The highest BCUT2D eigenvalue weighted by molar-refractivity contribution is 5.75. The second-order valence-electron chi connectivity index (χ2n) is 4.83. The maximum absolute atomic E-state index is 11.7. The van der Waals surface area contributed by atoms with Gasteiger partial charge in [-0.25, -0.2) is 0 Å². The van der Waals surface area contributed by atoms with Crippen LogP contribution in [0.3, 0.4) is 0 Å². The number of aryl methyl sites for hydroxylation is 1. The van der Waals surface area contributed by atoms with E-state index in [2.05, 4.69) is 27.3 Å². The predicted octanol–water partition coefficient (Wildman–Crippen LogP) is 2.76. The van der Waals surface area contributed by atoms with Crippen molar-refractivity contribution >= 4 is 5.91 Å². The van der Waals surface area contributed by atoms with E-state index in [1.807, 2.05) is 30.3 Å². The van der Waals surface area contributed by atoms with Gasteiger partial charge in [0, 0.05) is 31.6 Å². The number of carbonyl (C=O) groups is 1. The summed E-state index contributed by atoms with van der Waals surface area (Å²) in [4.78, 5) is 15.8. The lowest BCUT2D eigenvalue weighted by atomic mass is 10.2. The van der Waals surface area contributed by atoms with E-state index in [1.165, 1.54) is 0 Å². The number of rotatable bonds is 8. The maximum atomic E-state index is 11.7. The van der Waals surface area contributed by atoms with Crippen LogP contribution < -0.4 is 5.32 Å². The van der Waals surface area contributed by atoms with Gasteiger partial charge in [-0.15, -0.1) is 0 Å². The molecule has 2 aromatic heterocycles. The van der Waals surface area contributed by atoms with Crippen molar-refractivity contribution in [1.29, 1.82) is 0 Å². The van der Waals surface area contributed by atoms with Gasteiger partial charge in [-0.2, -0.15) is 0 Å². The summed E-state index contributed by atoms with van der Waals surface area (Å²) in [5, 5.41) is 2.90. The average molecular weight is 271 g/mol. The molecule has 106 valence electrons. The minimum absolute atomic E-state index is 0.108. The Hall–Kier alpha value is -2.10. The fourth-order valence-electron chi connectivity index (χ4n) is 2.06. The Morgan fingerprint density at radius 2 is 1.95 bits per heavy atom. The Labute approximate surface area is 119 Å². The van der Waals surface area contributed by atoms with Gasteiger partial charge < -0.3 is 9.88 Å². The minimum atomic E-state index is 0.108. The molecule has 1 amide bonds. The van der Waals surface area contributed by atoms with E-state index in [0.29, 0.717) is 13.0 Å². The summed E-state index contributed by atoms with van der Waals surface area (Å²) in [6.07, 6.45) is 9.60. The molecule has 0 radical (unpaired) electrons. The second-order valence-corrected chi connectivity index (χ2v) is 4.83. The standard InChI is InChI=1S/C16H21N3O/c20-16(18-14-15-8-3-4-10-17-15)9-2-1-5-11-19-12-6-7-13-19/h3-4,6-8,10,12-13H,1-2,5,9,11,14H2,(H,18,20). The number of amides is 1. The summed E-state index contributed by atoms with van der Waals surface area (Å²) < 4.78 is 2.17. The quantitative estimate of drug-likeness (QED) is 0.750. The molecule has 20 heavy (non-hydrogen) atoms. The Morgan fingerprint density at radius 1 is 1.10 bits per heavy atom. The Kier molecular flexibility index (Phi) is 5.83. The lowest BCUT2D eigenvalue weighted by Crippen LogP contribution is -2.22. The summed E-state index contributed by atoms with van der Waals surface area (Å²) in [5.41, 5.74) is 0.897. The van der Waals surface area contributed by atoms with Crippen LogP contribution in [0.1, 0.15) is 31.4 Å². The number of aromatic nitrogens is 2. The third-order valence-electron chi connectivity index (χ3n) is 3.18. The van der Waals surface area contributed by atoms with Gasteiger partial charge in [-0.3, -0.25) is 9.78 Å². The SMILES string of the molecule is O=C(CCCCCn1cccc1)NCc1ccccn1. The zero-order chi connectivity index (χ0) is 14.0. The molecular weight excluding hydrogens is 250 g/mol. The van der Waals surface area contributed by atoms with E-state index >= 15 is 0 Å². The number of unbranched alkanes of at least 4 members (excludes halogenated alkanes) is 2. The summed E-state index contributed by atoms with van der Waals surface area (Å²) in [5.74, 6) is 0.108.